The van der Waals surface area contributed by atoms with Crippen LogP contribution in [-0.4, -0.2) is 38.9 Å². The van der Waals surface area contributed by atoms with Crippen LogP contribution in [0, 0.1) is 17.7 Å². The quantitative estimate of drug-likeness (QED) is 0.756. The standard InChI is InChI=1S/C19H21FN6/c20-16-4-2-1-3-15(16)19-24-23-18-6-5-17(25-26(18)19)22-11-13-7-12-8-14(9-13)21-10-12/h1-6,12-14,21H,7-11H2,(H,22,25). The van der Waals surface area contributed by atoms with Gasteiger partial charge in [-0.15, -0.1) is 15.3 Å². The van der Waals surface area contributed by atoms with Crippen molar-refractivity contribution < 1.29 is 4.39 Å². The summed E-state index contributed by atoms with van der Waals surface area (Å²) >= 11 is 0. The number of hydrogen-bond acceptors (Lipinski definition) is 5. The molecule has 1 saturated carbocycles. The van der Waals surface area contributed by atoms with Gasteiger partial charge >= 0.3 is 0 Å². The first kappa shape index (κ1) is 15.7. The molecule has 3 unspecified atom stereocenters. The van der Waals surface area contributed by atoms with E-state index in [2.05, 4.69) is 25.9 Å². The molecule has 134 valence electrons. The fraction of sp³-hybridized carbons (Fsp3) is 0.421. The van der Waals surface area contributed by atoms with E-state index >= 15 is 0 Å². The first-order chi connectivity index (χ1) is 12.8. The monoisotopic (exact) mass is 352 g/mol. The fourth-order valence-electron chi connectivity index (χ4n) is 4.34. The molecule has 1 aliphatic carbocycles. The van der Waals surface area contributed by atoms with E-state index in [1.807, 2.05) is 12.1 Å². The summed E-state index contributed by atoms with van der Waals surface area (Å²) in [5.41, 5.74) is 1.01. The Labute approximate surface area is 150 Å². The molecule has 5 rings (SSSR count). The van der Waals surface area contributed by atoms with Crippen molar-refractivity contribution in [1.82, 2.24) is 25.1 Å². The van der Waals surface area contributed by atoms with Gasteiger partial charge in [0.15, 0.2) is 11.5 Å². The summed E-state index contributed by atoms with van der Waals surface area (Å²) in [5.74, 6) is 2.34. The zero-order chi connectivity index (χ0) is 17.5. The summed E-state index contributed by atoms with van der Waals surface area (Å²) in [6.45, 7) is 2.07. The highest BCUT2D eigenvalue weighted by molar-refractivity contribution is 5.60. The van der Waals surface area contributed by atoms with Crippen LogP contribution in [0.25, 0.3) is 17.0 Å². The summed E-state index contributed by atoms with van der Waals surface area (Å²) in [6.07, 6.45) is 3.82. The number of anilines is 1. The minimum Gasteiger partial charge on any atom is -0.368 e. The third-order valence-electron chi connectivity index (χ3n) is 5.55. The predicted octanol–water partition coefficient (Wildman–Crippen LogP) is 2.73. The van der Waals surface area contributed by atoms with Crippen LogP contribution in [0.2, 0.25) is 0 Å². The van der Waals surface area contributed by atoms with E-state index in [0.717, 1.165) is 24.8 Å². The number of aromatic nitrogens is 4. The van der Waals surface area contributed by atoms with Gasteiger partial charge in [-0.05, 0) is 61.9 Å². The Morgan fingerprint density at radius 2 is 2.04 bits per heavy atom. The summed E-state index contributed by atoms with van der Waals surface area (Å²) in [7, 11) is 0. The first-order valence-corrected chi connectivity index (χ1v) is 9.21. The lowest BCUT2D eigenvalue weighted by molar-refractivity contribution is 0.310. The van der Waals surface area contributed by atoms with E-state index in [9.17, 15) is 4.39 Å². The molecule has 6 nitrogen and oxygen atoms in total. The number of benzene rings is 1. The zero-order valence-electron chi connectivity index (χ0n) is 14.4. The largest absolute Gasteiger partial charge is 0.368 e. The van der Waals surface area contributed by atoms with Gasteiger partial charge in [-0.2, -0.15) is 4.52 Å². The number of halogens is 1. The van der Waals surface area contributed by atoms with Crippen LogP contribution in [0.3, 0.4) is 0 Å². The van der Waals surface area contributed by atoms with Crippen LogP contribution < -0.4 is 10.6 Å². The number of nitrogens with one attached hydrogen (secondary N) is 2. The second-order valence-corrected chi connectivity index (χ2v) is 7.42. The van der Waals surface area contributed by atoms with E-state index in [-0.39, 0.29) is 5.82 Å². The van der Waals surface area contributed by atoms with E-state index in [0.29, 0.717) is 29.0 Å². The topological polar surface area (TPSA) is 67.1 Å². The van der Waals surface area contributed by atoms with Crippen LogP contribution in [-0.2, 0) is 0 Å². The number of nitrogens with zero attached hydrogens (tertiary/aromatic N) is 4. The Hall–Kier alpha value is -2.54. The van der Waals surface area contributed by atoms with Gasteiger partial charge < -0.3 is 10.6 Å². The van der Waals surface area contributed by atoms with Crippen molar-refractivity contribution in [1.29, 1.82) is 0 Å². The Kier molecular flexibility index (Phi) is 3.81. The lowest BCUT2D eigenvalue weighted by atomic mass is 9.82. The maximum absolute atomic E-state index is 14.1. The molecule has 3 aromatic rings. The summed E-state index contributed by atoms with van der Waals surface area (Å²) in [4.78, 5) is 0. The van der Waals surface area contributed by atoms with Gasteiger partial charge in [0.25, 0.3) is 0 Å². The molecule has 1 aromatic carbocycles. The second-order valence-electron chi connectivity index (χ2n) is 7.42. The molecule has 2 aromatic heterocycles. The smallest absolute Gasteiger partial charge is 0.188 e. The molecule has 2 N–H and O–H groups in total. The predicted molar refractivity (Wildman–Crippen MR) is 97.3 cm³/mol. The van der Waals surface area contributed by atoms with Crippen LogP contribution in [0.15, 0.2) is 36.4 Å². The van der Waals surface area contributed by atoms with E-state index in [1.54, 1.807) is 22.7 Å². The maximum atomic E-state index is 14.1. The summed E-state index contributed by atoms with van der Waals surface area (Å²) < 4.78 is 15.7. The highest BCUT2D eigenvalue weighted by Crippen LogP contribution is 2.33. The molecule has 0 radical (unpaired) electrons. The van der Waals surface area contributed by atoms with Crippen LogP contribution in [0.5, 0.6) is 0 Å². The molecule has 2 aliphatic rings. The maximum Gasteiger partial charge on any atom is 0.188 e. The van der Waals surface area contributed by atoms with Gasteiger partial charge in [0, 0.05) is 12.6 Å². The van der Waals surface area contributed by atoms with Gasteiger partial charge in [0.05, 0.1) is 5.56 Å². The Balaban J connectivity index is 1.38. The molecular weight excluding hydrogens is 331 g/mol. The lowest BCUT2D eigenvalue weighted by Gasteiger charge is -2.27. The summed E-state index contributed by atoms with van der Waals surface area (Å²) in [5, 5.41) is 19.9. The van der Waals surface area contributed by atoms with Crippen molar-refractivity contribution in [3.05, 3.63) is 42.2 Å². The number of hydrogen-bond donors (Lipinski definition) is 2. The van der Waals surface area contributed by atoms with E-state index in [1.165, 1.54) is 25.3 Å². The fourth-order valence-corrected chi connectivity index (χ4v) is 4.34. The molecule has 0 spiro atoms. The SMILES string of the molecule is Fc1ccccc1-c1nnc2ccc(NCC3CC4CNC(C3)C4)nn12. The molecule has 2 bridgehead atoms. The molecule has 3 heterocycles. The molecule has 2 fully saturated rings. The normalized spacial score (nSPS) is 24.9. The van der Waals surface area contributed by atoms with Gasteiger partial charge in [-0.3, -0.25) is 0 Å². The van der Waals surface area contributed by atoms with Crippen molar-refractivity contribution in [2.24, 2.45) is 11.8 Å². The third kappa shape index (κ3) is 2.82. The van der Waals surface area contributed by atoms with Crippen molar-refractivity contribution >= 4 is 11.5 Å². The molecule has 0 amide bonds. The Morgan fingerprint density at radius 3 is 2.92 bits per heavy atom. The molecule has 3 atom stereocenters. The van der Waals surface area contributed by atoms with Crippen LogP contribution in [0.4, 0.5) is 10.2 Å². The van der Waals surface area contributed by atoms with E-state index in [4.69, 9.17) is 0 Å². The van der Waals surface area contributed by atoms with Crippen molar-refractivity contribution in [3.63, 3.8) is 0 Å². The zero-order valence-corrected chi connectivity index (χ0v) is 14.4. The Morgan fingerprint density at radius 1 is 1.12 bits per heavy atom. The van der Waals surface area contributed by atoms with Crippen LogP contribution >= 0.6 is 0 Å². The summed E-state index contributed by atoms with van der Waals surface area (Å²) in [6, 6.07) is 11.0. The third-order valence-corrected chi connectivity index (χ3v) is 5.55. The van der Waals surface area contributed by atoms with Gasteiger partial charge in [-0.25, -0.2) is 4.39 Å². The van der Waals surface area contributed by atoms with Gasteiger partial charge in [0.1, 0.15) is 11.6 Å². The van der Waals surface area contributed by atoms with Gasteiger partial charge in [0.2, 0.25) is 0 Å². The number of rotatable bonds is 4. The minimum absolute atomic E-state index is 0.327. The van der Waals surface area contributed by atoms with Gasteiger partial charge in [-0.1, -0.05) is 12.1 Å². The van der Waals surface area contributed by atoms with Crippen LogP contribution in [0.1, 0.15) is 19.3 Å². The molecular formula is C19H21FN6. The highest BCUT2D eigenvalue weighted by Gasteiger charge is 2.33. The second kappa shape index (κ2) is 6.32. The molecule has 1 saturated heterocycles. The highest BCUT2D eigenvalue weighted by atomic mass is 19.1. The van der Waals surface area contributed by atoms with Crippen molar-refractivity contribution in [3.8, 4) is 11.4 Å². The Bertz CT molecular complexity index is 927. The number of fused-ring (bicyclic) bond motifs is 3. The molecule has 26 heavy (non-hydrogen) atoms. The van der Waals surface area contributed by atoms with E-state index < -0.39 is 0 Å². The average Bonchev–Trinajstić information content (AvgIpc) is 3.23. The lowest BCUT2D eigenvalue weighted by Crippen LogP contribution is -2.28. The average molecular weight is 352 g/mol. The van der Waals surface area contributed by atoms with Crippen molar-refractivity contribution in [2.45, 2.75) is 25.3 Å². The first-order valence-electron chi connectivity index (χ1n) is 9.21. The van der Waals surface area contributed by atoms with Crippen molar-refractivity contribution in [2.75, 3.05) is 18.4 Å². The minimum atomic E-state index is -0.327. The molecule has 7 heteroatoms. The molecule has 1 aliphatic heterocycles.